The van der Waals surface area contributed by atoms with E-state index in [1.54, 1.807) is 10.4 Å². The van der Waals surface area contributed by atoms with Crippen molar-refractivity contribution in [3.63, 3.8) is 0 Å². The molecular formula is C16H21N3S. The molecule has 0 spiro atoms. The Morgan fingerprint density at radius 3 is 2.90 bits per heavy atom. The maximum atomic E-state index is 6.00. The lowest BCUT2D eigenvalue weighted by Gasteiger charge is -2.28. The molecule has 3 N–H and O–H groups in total. The summed E-state index contributed by atoms with van der Waals surface area (Å²) in [6, 6.07) is 3.15. The van der Waals surface area contributed by atoms with Gasteiger partial charge in [0.05, 0.1) is 0 Å². The van der Waals surface area contributed by atoms with E-state index in [1.807, 2.05) is 17.5 Å². The molecule has 4 heteroatoms. The number of nitrogens with one attached hydrogen (secondary N) is 1. The van der Waals surface area contributed by atoms with Gasteiger partial charge < -0.3 is 11.1 Å². The minimum atomic E-state index is 0.413. The summed E-state index contributed by atoms with van der Waals surface area (Å²) in [5.74, 6) is 0. The predicted molar refractivity (Wildman–Crippen MR) is 85.5 cm³/mol. The molecule has 2 aromatic heterocycles. The van der Waals surface area contributed by atoms with Crippen molar-refractivity contribution in [2.24, 2.45) is 5.73 Å². The maximum Gasteiger partial charge on any atom is 0.125 e. The normalized spacial score (nSPS) is 25.9. The topological polar surface area (TPSA) is 50.9 Å². The van der Waals surface area contributed by atoms with Crippen molar-refractivity contribution in [3.8, 4) is 0 Å². The summed E-state index contributed by atoms with van der Waals surface area (Å²) in [6.45, 7) is 0. The molecule has 3 nitrogen and oxygen atoms in total. The van der Waals surface area contributed by atoms with Crippen molar-refractivity contribution in [2.75, 3.05) is 5.32 Å². The summed E-state index contributed by atoms with van der Waals surface area (Å²) in [7, 11) is 0. The van der Waals surface area contributed by atoms with Crippen molar-refractivity contribution in [2.45, 2.75) is 57.0 Å². The Morgan fingerprint density at radius 2 is 2.05 bits per heavy atom. The number of pyridine rings is 1. The zero-order chi connectivity index (χ0) is 13.5. The van der Waals surface area contributed by atoms with E-state index in [9.17, 15) is 0 Å². The van der Waals surface area contributed by atoms with Crippen LogP contribution in [-0.2, 0) is 12.8 Å². The first-order valence-corrected chi connectivity index (χ1v) is 8.54. The highest BCUT2D eigenvalue weighted by molar-refractivity contribution is 7.19. The Balaban J connectivity index is 1.66. The van der Waals surface area contributed by atoms with Crippen molar-refractivity contribution < 1.29 is 0 Å². The number of nitrogens with zero attached hydrogens (tertiary/aromatic N) is 1. The number of hydrogen-bond acceptors (Lipinski definition) is 4. The summed E-state index contributed by atoms with van der Waals surface area (Å²) in [5, 5.41) is 5.17. The van der Waals surface area contributed by atoms with Crippen LogP contribution in [0.5, 0.6) is 0 Å². The predicted octanol–water partition coefficient (Wildman–Crippen LogP) is 3.47. The second-order valence-electron chi connectivity index (χ2n) is 6.15. The number of aryl methyl sites for hydroxylation is 2. The second kappa shape index (κ2) is 5.01. The van der Waals surface area contributed by atoms with Crippen LogP contribution >= 0.6 is 11.3 Å². The molecule has 0 amide bonds. The van der Waals surface area contributed by atoms with E-state index in [-0.39, 0.29) is 0 Å². The van der Waals surface area contributed by atoms with Crippen molar-refractivity contribution in [1.29, 1.82) is 0 Å². The standard InChI is InChI=1S/C16H21N3S/c17-10-4-6-11(7-5-10)19-13-8-9-18-16-15(13)12-2-1-3-14(12)20-16/h8-11H,1-7,17H2,(H,18,19)/t10-,11-. The van der Waals surface area contributed by atoms with Gasteiger partial charge in [0.15, 0.2) is 0 Å². The maximum absolute atomic E-state index is 6.00. The third kappa shape index (κ3) is 2.11. The second-order valence-corrected chi connectivity index (χ2v) is 7.24. The molecule has 0 saturated heterocycles. The molecule has 0 aromatic carbocycles. The molecule has 2 aromatic rings. The van der Waals surface area contributed by atoms with E-state index in [4.69, 9.17) is 5.73 Å². The van der Waals surface area contributed by atoms with Gasteiger partial charge in [-0.3, -0.25) is 0 Å². The van der Waals surface area contributed by atoms with E-state index >= 15 is 0 Å². The van der Waals surface area contributed by atoms with Crippen LogP contribution in [0.1, 0.15) is 42.5 Å². The molecule has 2 aliphatic rings. The van der Waals surface area contributed by atoms with Crippen LogP contribution in [0.4, 0.5) is 5.69 Å². The fraction of sp³-hybridized carbons (Fsp3) is 0.562. The van der Waals surface area contributed by atoms with E-state index in [0.29, 0.717) is 12.1 Å². The molecule has 0 unspecified atom stereocenters. The number of anilines is 1. The number of thiophene rings is 1. The summed E-state index contributed by atoms with van der Waals surface area (Å²) in [4.78, 5) is 7.35. The van der Waals surface area contributed by atoms with Gasteiger partial charge in [0.1, 0.15) is 4.83 Å². The minimum Gasteiger partial charge on any atom is -0.382 e. The lowest BCUT2D eigenvalue weighted by Crippen LogP contribution is -2.32. The first-order chi connectivity index (χ1) is 9.81. The summed E-state index contributed by atoms with van der Waals surface area (Å²) >= 11 is 1.89. The molecule has 2 aliphatic carbocycles. The molecule has 106 valence electrons. The van der Waals surface area contributed by atoms with Crippen LogP contribution in [-0.4, -0.2) is 17.1 Å². The van der Waals surface area contributed by atoms with E-state index in [1.165, 1.54) is 48.0 Å². The van der Waals surface area contributed by atoms with Crippen LogP contribution in [0.15, 0.2) is 12.3 Å². The van der Waals surface area contributed by atoms with Gasteiger partial charge in [0, 0.05) is 34.2 Å². The Kier molecular flexibility index (Phi) is 3.15. The Labute approximate surface area is 123 Å². The summed E-state index contributed by atoms with van der Waals surface area (Å²) in [5.41, 5.74) is 8.87. The van der Waals surface area contributed by atoms with Gasteiger partial charge in [-0.1, -0.05) is 0 Å². The number of rotatable bonds is 2. The average Bonchev–Trinajstić information content (AvgIpc) is 3.02. The van der Waals surface area contributed by atoms with Gasteiger partial charge >= 0.3 is 0 Å². The first kappa shape index (κ1) is 12.6. The van der Waals surface area contributed by atoms with Crippen LogP contribution < -0.4 is 11.1 Å². The molecule has 0 radical (unpaired) electrons. The Morgan fingerprint density at radius 1 is 1.20 bits per heavy atom. The molecule has 1 fully saturated rings. The van der Waals surface area contributed by atoms with Gasteiger partial charge in [-0.2, -0.15) is 0 Å². The highest BCUT2D eigenvalue weighted by Gasteiger charge is 2.23. The molecule has 20 heavy (non-hydrogen) atoms. The molecular weight excluding hydrogens is 266 g/mol. The van der Waals surface area contributed by atoms with Crippen LogP contribution in [0, 0.1) is 0 Å². The highest BCUT2D eigenvalue weighted by atomic mass is 32.1. The van der Waals surface area contributed by atoms with Crippen LogP contribution in [0.25, 0.3) is 10.2 Å². The van der Waals surface area contributed by atoms with Crippen molar-refractivity contribution in [1.82, 2.24) is 4.98 Å². The molecule has 0 aliphatic heterocycles. The molecule has 0 bridgehead atoms. The van der Waals surface area contributed by atoms with Gasteiger partial charge in [-0.05, 0) is 56.6 Å². The number of hydrogen-bond donors (Lipinski definition) is 2. The van der Waals surface area contributed by atoms with Crippen molar-refractivity contribution >= 4 is 27.2 Å². The number of aromatic nitrogens is 1. The Bertz CT molecular complexity index is 626. The lowest BCUT2D eigenvalue weighted by molar-refractivity contribution is 0.411. The largest absolute Gasteiger partial charge is 0.382 e. The fourth-order valence-corrected chi connectivity index (χ4v) is 4.88. The van der Waals surface area contributed by atoms with Gasteiger partial charge in [0.25, 0.3) is 0 Å². The zero-order valence-corrected chi connectivity index (χ0v) is 12.5. The SMILES string of the molecule is N[C@H]1CC[C@H](Nc2ccnc3sc4c(c23)CCC4)CC1. The molecule has 0 atom stereocenters. The van der Waals surface area contributed by atoms with Gasteiger partial charge in [-0.25, -0.2) is 4.98 Å². The van der Waals surface area contributed by atoms with E-state index < -0.39 is 0 Å². The van der Waals surface area contributed by atoms with E-state index in [0.717, 1.165) is 12.8 Å². The zero-order valence-electron chi connectivity index (χ0n) is 11.7. The Hall–Kier alpha value is -1.13. The third-order valence-corrected chi connectivity index (χ3v) is 5.94. The van der Waals surface area contributed by atoms with Gasteiger partial charge in [-0.15, -0.1) is 11.3 Å². The smallest absolute Gasteiger partial charge is 0.125 e. The number of fused-ring (bicyclic) bond motifs is 3. The quantitative estimate of drug-likeness (QED) is 0.889. The highest BCUT2D eigenvalue weighted by Crippen LogP contribution is 2.40. The summed E-state index contributed by atoms with van der Waals surface area (Å²) in [6.07, 6.45) is 10.4. The summed E-state index contributed by atoms with van der Waals surface area (Å²) < 4.78 is 0. The molecule has 2 heterocycles. The molecule has 4 rings (SSSR count). The van der Waals surface area contributed by atoms with Crippen LogP contribution in [0.3, 0.4) is 0 Å². The van der Waals surface area contributed by atoms with Crippen LogP contribution in [0.2, 0.25) is 0 Å². The van der Waals surface area contributed by atoms with Gasteiger partial charge in [0.2, 0.25) is 0 Å². The molecule has 1 saturated carbocycles. The fourth-order valence-electron chi connectivity index (χ4n) is 3.63. The first-order valence-electron chi connectivity index (χ1n) is 7.72. The third-order valence-electron chi connectivity index (χ3n) is 4.74. The lowest BCUT2D eigenvalue weighted by atomic mass is 9.91. The minimum absolute atomic E-state index is 0.413. The number of nitrogens with two attached hydrogens (primary N) is 1. The van der Waals surface area contributed by atoms with E-state index in [2.05, 4.69) is 16.4 Å². The van der Waals surface area contributed by atoms with Crippen molar-refractivity contribution in [3.05, 3.63) is 22.7 Å². The average molecular weight is 287 g/mol. The monoisotopic (exact) mass is 287 g/mol.